The van der Waals surface area contributed by atoms with Gasteiger partial charge in [0.15, 0.2) is 5.65 Å². The van der Waals surface area contributed by atoms with E-state index < -0.39 is 0 Å². The zero-order valence-electron chi connectivity index (χ0n) is 17.7. The lowest BCUT2D eigenvalue weighted by Gasteiger charge is -2.34. The van der Waals surface area contributed by atoms with E-state index in [-0.39, 0.29) is 18.0 Å². The Morgan fingerprint density at radius 3 is 2.81 bits per heavy atom. The number of aryl methyl sites for hydroxylation is 1. The minimum absolute atomic E-state index is 0.0855. The molecule has 5 rings (SSSR count). The number of nitrogen functional groups attached to an aromatic ring is 1. The lowest BCUT2D eigenvalue weighted by atomic mass is 9.99. The predicted octanol–water partition coefficient (Wildman–Crippen LogP) is 1.92. The summed E-state index contributed by atoms with van der Waals surface area (Å²) in [4.78, 5) is 26.4. The second-order valence-electron chi connectivity index (χ2n) is 8.60. The van der Waals surface area contributed by atoms with Gasteiger partial charge in [0.2, 0.25) is 0 Å². The second kappa shape index (κ2) is 7.81. The van der Waals surface area contributed by atoms with Crippen LogP contribution in [-0.4, -0.2) is 56.1 Å². The zero-order valence-corrected chi connectivity index (χ0v) is 17.7. The van der Waals surface area contributed by atoms with Crippen molar-refractivity contribution < 1.29 is 4.79 Å². The lowest BCUT2D eigenvalue weighted by molar-refractivity contribution is 0.0599. The topological polar surface area (TPSA) is 119 Å². The fourth-order valence-electron chi connectivity index (χ4n) is 4.64. The summed E-state index contributed by atoms with van der Waals surface area (Å²) in [6, 6.07) is 5.51. The molecule has 2 atom stereocenters. The number of aromatic nitrogens is 4. The Balaban J connectivity index is 1.46. The van der Waals surface area contributed by atoms with Crippen LogP contribution in [0.2, 0.25) is 0 Å². The Hall–Kier alpha value is -3.20. The molecular weight excluding hydrogens is 392 g/mol. The Kier molecular flexibility index (Phi) is 4.97. The van der Waals surface area contributed by atoms with Gasteiger partial charge >= 0.3 is 0 Å². The van der Waals surface area contributed by atoms with Gasteiger partial charge in [-0.05, 0) is 44.7 Å². The molecule has 2 saturated heterocycles. The normalized spacial score (nSPS) is 21.7. The Morgan fingerprint density at radius 2 is 2.06 bits per heavy atom. The van der Waals surface area contributed by atoms with Crippen LogP contribution in [0.5, 0.6) is 0 Å². The lowest BCUT2D eigenvalue weighted by Crippen LogP contribution is -2.39. The molecule has 0 aliphatic carbocycles. The molecule has 3 aromatic heterocycles. The van der Waals surface area contributed by atoms with Crippen LogP contribution >= 0.6 is 0 Å². The van der Waals surface area contributed by atoms with Crippen LogP contribution < -0.4 is 16.4 Å². The van der Waals surface area contributed by atoms with Gasteiger partial charge in [-0.25, -0.2) is 14.5 Å². The maximum atomic E-state index is 13.2. The molecule has 162 valence electrons. The highest BCUT2D eigenvalue weighted by molar-refractivity contribution is 5.92. The van der Waals surface area contributed by atoms with Crippen LogP contribution in [0.3, 0.4) is 0 Å². The second-order valence-corrected chi connectivity index (χ2v) is 8.60. The fraction of sp³-hybridized carbons (Fsp3) is 0.455. The van der Waals surface area contributed by atoms with E-state index in [1.54, 1.807) is 12.1 Å². The largest absolute Gasteiger partial charge is 0.397 e. The van der Waals surface area contributed by atoms with E-state index in [1.165, 1.54) is 6.20 Å². The van der Waals surface area contributed by atoms with Crippen molar-refractivity contribution in [2.75, 3.05) is 30.3 Å². The number of likely N-dealkylation sites (tertiary alicyclic amines) is 1. The number of hydrogen-bond donors (Lipinski definition) is 2. The number of amides is 1. The number of anilines is 2. The molecule has 2 fully saturated rings. The van der Waals surface area contributed by atoms with Gasteiger partial charge < -0.3 is 21.3 Å². The van der Waals surface area contributed by atoms with Gasteiger partial charge in [-0.1, -0.05) is 0 Å². The maximum absolute atomic E-state index is 13.2. The number of nitrogens with zero attached hydrogens (tertiary/aromatic N) is 6. The SMILES string of the molecule is Cc1cn2nc([C@@H]3CCCCN3C(=O)c3ccc(N)cn3)cc2nc1N1CC[C@H](N)C1. The maximum Gasteiger partial charge on any atom is 0.273 e. The molecule has 5 heterocycles. The average molecular weight is 421 g/mol. The molecule has 3 aromatic rings. The average Bonchev–Trinajstić information content (AvgIpc) is 3.39. The third-order valence-corrected chi connectivity index (χ3v) is 6.26. The van der Waals surface area contributed by atoms with Crippen LogP contribution in [0.1, 0.15) is 53.5 Å². The first-order valence-corrected chi connectivity index (χ1v) is 10.9. The van der Waals surface area contributed by atoms with Crippen LogP contribution in [0.25, 0.3) is 5.65 Å². The highest BCUT2D eigenvalue weighted by Crippen LogP contribution is 2.32. The number of hydrogen-bond acceptors (Lipinski definition) is 7. The van der Waals surface area contributed by atoms with E-state index in [0.29, 0.717) is 17.9 Å². The van der Waals surface area contributed by atoms with Crippen LogP contribution in [-0.2, 0) is 0 Å². The number of nitrogens with two attached hydrogens (primary N) is 2. The molecule has 0 spiro atoms. The van der Waals surface area contributed by atoms with E-state index >= 15 is 0 Å². The molecule has 0 saturated carbocycles. The van der Waals surface area contributed by atoms with Crippen molar-refractivity contribution in [3.63, 3.8) is 0 Å². The number of fused-ring (bicyclic) bond motifs is 1. The van der Waals surface area contributed by atoms with Gasteiger partial charge in [0.25, 0.3) is 5.91 Å². The van der Waals surface area contributed by atoms with Crippen molar-refractivity contribution in [3.05, 3.63) is 47.5 Å². The first-order chi connectivity index (χ1) is 15.0. The van der Waals surface area contributed by atoms with Gasteiger partial charge in [-0.3, -0.25) is 4.79 Å². The summed E-state index contributed by atoms with van der Waals surface area (Å²) >= 11 is 0. The van der Waals surface area contributed by atoms with Crippen molar-refractivity contribution in [1.29, 1.82) is 0 Å². The molecule has 9 heteroatoms. The quantitative estimate of drug-likeness (QED) is 0.664. The van der Waals surface area contributed by atoms with Gasteiger partial charge in [0.05, 0.1) is 23.6 Å². The number of rotatable bonds is 3. The first-order valence-electron chi connectivity index (χ1n) is 10.9. The van der Waals surface area contributed by atoms with Crippen molar-refractivity contribution in [2.24, 2.45) is 5.73 Å². The van der Waals surface area contributed by atoms with E-state index in [2.05, 4.69) is 16.8 Å². The summed E-state index contributed by atoms with van der Waals surface area (Å²) in [5.74, 6) is 0.882. The minimum atomic E-state index is -0.0914. The molecule has 1 amide bonds. The summed E-state index contributed by atoms with van der Waals surface area (Å²) in [5, 5.41) is 4.80. The zero-order chi connectivity index (χ0) is 21.5. The van der Waals surface area contributed by atoms with Crippen LogP contribution in [0.4, 0.5) is 11.5 Å². The number of carbonyl (C=O) groups excluding carboxylic acids is 1. The Labute approximate surface area is 181 Å². The van der Waals surface area contributed by atoms with E-state index in [0.717, 1.165) is 61.5 Å². The van der Waals surface area contributed by atoms with Crippen molar-refractivity contribution in [1.82, 2.24) is 24.5 Å². The van der Waals surface area contributed by atoms with Crippen molar-refractivity contribution >= 4 is 23.1 Å². The molecule has 0 bridgehead atoms. The number of carbonyl (C=O) groups is 1. The molecule has 9 nitrogen and oxygen atoms in total. The third kappa shape index (κ3) is 3.69. The number of piperidine rings is 1. The highest BCUT2D eigenvalue weighted by atomic mass is 16.2. The van der Waals surface area contributed by atoms with E-state index in [1.807, 2.05) is 21.7 Å². The molecule has 31 heavy (non-hydrogen) atoms. The summed E-state index contributed by atoms with van der Waals surface area (Å²) in [6.45, 7) is 4.49. The fourth-order valence-corrected chi connectivity index (χ4v) is 4.64. The van der Waals surface area contributed by atoms with Gasteiger partial charge in [0.1, 0.15) is 11.5 Å². The molecule has 0 unspecified atom stereocenters. The molecule has 4 N–H and O–H groups in total. The predicted molar refractivity (Wildman–Crippen MR) is 119 cm³/mol. The Morgan fingerprint density at radius 1 is 1.19 bits per heavy atom. The Bertz CT molecular complexity index is 1110. The molecular formula is C22H28N8O. The van der Waals surface area contributed by atoms with Crippen LogP contribution in [0, 0.1) is 6.92 Å². The van der Waals surface area contributed by atoms with Crippen LogP contribution in [0.15, 0.2) is 30.6 Å². The minimum Gasteiger partial charge on any atom is -0.397 e. The highest BCUT2D eigenvalue weighted by Gasteiger charge is 2.31. The first kappa shape index (κ1) is 19.7. The summed E-state index contributed by atoms with van der Waals surface area (Å²) in [6.07, 6.45) is 7.42. The third-order valence-electron chi connectivity index (χ3n) is 6.26. The molecule has 2 aliphatic rings. The molecule has 2 aliphatic heterocycles. The van der Waals surface area contributed by atoms with Crippen molar-refractivity contribution in [2.45, 2.75) is 44.7 Å². The summed E-state index contributed by atoms with van der Waals surface area (Å²) < 4.78 is 1.82. The smallest absolute Gasteiger partial charge is 0.273 e. The van der Waals surface area contributed by atoms with Gasteiger partial charge in [-0.2, -0.15) is 5.10 Å². The van der Waals surface area contributed by atoms with Crippen molar-refractivity contribution in [3.8, 4) is 0 Å². The summed E-state index contributed by atoms with van der Waals surface area (Å²) in [7, 11) is 0. The molecule has 0 aromatic carbocycles. The van der Waals surface area contributed by atoms with E-state index in [9.17, 15) is 4.79 Å². The van der Waals surface area contributed by atoms with Gasteiger partial charge in [0, 0.05) is 43.5 Å². The van der Waals surface area contributed by atoms with E-state index in [4.69, 9.17) is 21.5 Å². The molecule has 0 radical (unpaired) electrons. The summed E-state index contributed by atoms with van der Waals surface area (Å²) in [5.41, 5.74) is 15.5. The monoisotopic (exact) mass is 420 g/mol. The number of pyridine rings is 1. The standard InChI is InChI=1S/C22H28N8O/c1-14-12-30-20(26-21(14)28-9-7-16(24)13-28)10-18(27-30)19-4-2-3-8-29(19)22(31)17-6-5-15(23)11-25-17/h5-6,10-12,16,19H,2-4,7-9,13,23-24H2,1H3/t16-,19-/m0/s1. The van der Waals surface area contributed by atoms with Gasteiger partial charge in [-0.15, -0.1) is 0 Å².